The number of anilines is 1. The maximum atomic E-state index is 13.2. The number of carbonyl (C=O) groups excluding carboxylic acids is 1. The van der Waals surface area contributed by atoms with Gasteiger partial charge in [0.15, 0.2) is 5.65 Å². The summed E-state index contributed by atoms with van der Waals surface area (Å²) in [5, 5.41) is 6.05. The van der Waals surface area contributed by atoms with Gasteiger partial charge in [0.25, 0.3) is 5.56 Å². The van der Waals surface area contributed by atoms with Crippen LogP contribution in [0.2, 0.25) is 0 Å². The van der Waals surface area contributed by atoms with Crippen molar-refractivity contribution in [3.8, 4) is 17.0 Å². The van der Waals surface area contributed by atoms with E-state index in [1.165, 1.54) is 4.52 Å². The number of amides is 2. The molecule has 1 aliphatic rings. The van der Waals surface area contributed by atoms with E-state index in [9.17, 15) is 9.59 Å². The Bertz CT molecular complexity index is 1370. The number of aryl methyl sites for hydroxylation is 1. The van der Waals surface area contributed by atoms with Crippen molar-refractivity contribution in [1.82, 2.24) is 19.5 Å². The Morgan fingerprint density at radius 2 is 1.97 bits per heavy atom. The van der Waals surface area contributed by atoms with Crippen molar-refractivity contribution in [2.24, 2.45) is 0 Å². The largest absolute Gasteiger partial charge is 0.495 e. The maximum absolute atomic E-state index is 13.2. The number of aromatic nitrogens is 3. The first kappa shape index (κ1) is 19.9. The molecule has 0 aliphatic carbocycles. The third-order valence-electron chi connectivity index (χ3n) is 5.73. The Labute approximate surface area is 184 Å². The van der Waals surface area contributed by atoms with E-state index in [0.29, 0.717) is 35.6 Å². The average molecular weight is 429 g/mol. The number of nitrogens with zero attached hydrogens (tertiary/aromatic N) is 3. The molecule has 2 amide bonds. The molecule has 2 N–H and O–H groups in total. The van der Waals surface area contributed by atoms with Crippen LogP contribution in [0.4, 0.5) is 10.5 Å². The van der Waals surface area contributed by atoms with Gasteiger partial charge in [-0.3, -0.25) is 9.89 Å². The van der Waals surface area contributed by atoms with Gasteiger partial charge in [-0.15, -0.1) is 0 Å². The summed E-state index contributed by atoms with van der Waals surface area (Å²) in [6, 6.07) is 17.0. The summed E-state index contributed by atoms with van der Waals surface area (Å²) >= 11 is 0. The molecule has 32 heavy (non-hydrogen) atoms. The van der Waals surface area contributed by atoms with Crippen molar-refractivity contribution in [2.75, 3.05) is 19.0 Å². The zero-order valence-corrected chi connectivity index (χ0v) is 17.9. The number of rotatable bonds is 3. The number of carbonyl (C=O) groups is 1. The van der Waals surface area contributed by atoms with Crippen LogP contribution in [-0.2, 0) is 13.0 Å². The monoisotopic (exact) mass is 429 g/mol. The summed E-state index contributed by atoms with van der Waals surface area (Å²) in [7, 11) is 1.56. The number of fused-ring (bicyclic) bond motifs is 2. The number of methoxy groups -OCH3 is 1. The lowest BCUT2D eigenvalue weighted by atomic mass is 10.1. The highest BCUT2D eigenvalue weighted by Gasteiger charge is 2.26. The van der Waals surface area contributed by atoms with E-state index >= 15 is 0 Å². The van der Waals surface area contributed by atoms with E-state index in [1.54, 1.807) is 12.0 Å². The number of H-pyrrole nitrogens is 1. The highest BCUT2D eigenvalue weighted by Crippen LogP contribution is 2.26. The van der Waals surface area contributed by atoms with Crippen LogP contribution in [0.1, 0.15) is 16.8 Å². The van der Waals surface area contributed by atoms with Crippen molar-refractivity contribution < 1.29 is 9.53 Å². The zero-order valence-electron chi connectivity index (χ0n) is 17.9. The van der Waals surface area contributed by atoms with Crippen LogP contribution < -0.4 is 15.6 Å². The lowest BCUT2D eigenvalue weighted by molar-refractivity contribution is 0.205. The molecule has 2 aromatic heterocycles. The molecule has 0 bridgehead atoms. The molecular formula is C24H23N5O3. The number of nitrogens with one attached hydrogen (secondary N) is 2. The molecule has 2 aromatic carbocycles. The first-order chi connectivity index (χ1) is 15.5. The zero-order chi connectivity index (χ0) is 22.2. The molecule has 5 rings (SSSR count). The Morgan fingerprint density at radius 3 is 2.75 bits per heavy atom. The second kappa shape index (κ2) is 7.88. The predicted octanol–water partition coefficient (Wildman–Crippen LogP) is 3.60. The lowest BCUT2D eigenvalue weighted by Gasteiger charge is -2.28. The summed E-state index contributed by atoms with van der Waals surface area (Å²) in [5.74, 6) is 0.588. The molecule has 0 atom stereocenters. The van der Waals surface area contributed by atoms with Crippen molar-refractivity contribution >= 4 is 17.4 Å². The van der Waals surface area contributed by atoms with Crippen LogP contribution in [0.5, 0.6) is 5.75 Å². The van der Waals surface area contributed by atoms with Crippen molar-refractivity contribution in [2.45, 2.75) is 19.9 Å². The van der Waals surface area contributed by atoms with Crippen LogP contribution in [0.25, 0.3) is 16.9 Å². The summed E-state index contributed by atoms with van der Waals surface area (Å²) in [5.41, 5.74) is 5.07. The molecule has 3 heterocycles. The molecule has 0 saturated carbocycles. The van der Waals surface area contributed by atoms with Crippen LogP contribution >= 0.6 is 0 Å². The first-order valence-corrected chi connectivity index (χ1v) is 10.4. The second-order valence-electron chi connectivity index (χ2n) is 7.88. The van der Waals surface area contributed by atoms with E-state index in [2.05, 4.69) is 10.4 Å². The Balaban J connectivity index is 1.43. The standard InChI is InChI=1S/C24H23N5O3/c1-15-8-9-21(32-2)20(12-15)26-24(31)28-11-10-18-17(14-28)23(30)29-22(25-18)13-19(27-29)16-6-4-3-5-7-16/h3-9,12-13,27H,10-11,14H2,1-2H3,(H,26,31). The molecule has 8 nitrogen and oxygen atoms in total. The van der Waals surface area contributed by atoms with Crippen molar-refractivity contribution in [3.63, 3.8) is 0 Å². The molecule has 4 aromatic rings. The van der Waals surface area contributed by atoms with Crippen molar-refractivity contribution in [1.29, 1.82) is 0 Å². The number of hydrogen-bond donors (Lipinski definition) is 2. The van der Waals surface area contributed by atoms with Gasteiger partial charge in [-0.25, -0.2) is 14.3 Å². The van der Waals surface area contributed by atoms with Crippen LogP contribution in [0, 0.1) is 6.92 Å². The number of urea groups is 1. The highest BCUT2D eigenvalue weighted by atomic mass is 16.5. The Morgan fingerprint density at radius 1 is 1.16 bits per heavy atom. The average Bonchev–Trinajstić information content (AvgIpc) is 3.24. The van der Waals surface area contributed by atoms with Gasteiger partial charge < -0.3 is 15.0 Å². The van der Waals surface area contributed by atoms with Gasteiger partial charge in [0, 0.05) is 19.0 Å². The third kappa shape index (κ3) is 3.49. The predicted molar refractivity (Wildman–Crippen MR) is 122 cm³/mol. The topological polar surface area (TPSA) is 91.7 Å². The molecule has 162 valence electrons. The summed E-state index contributed by atoms with van der Waals surface area (Å²) in [6.07, 6.45) is 0.519. The van der Waals surface area contributed by atoms with Gasteiger partial charge in [-0.05, 0) is 30.2 Å². The van der Waals surface area contributed by atoms with Gasteiger partial charge in [0.1, 0.15) is 5.75 Å². The molecule has 8 heteroatoms. The fourth-order valence-corrected chi connectivity index (χ4v) is 4.03. The van der Waals surface area contributed by atoms with Gasteiger partial charge in [0.05, 0.1) is 36.3 Å². The smallest absolute Gasteiger partial charge is 0.322 e. The van der Waals surface area contributed by atoms with E-state index in [0.717, 1.165) is 22.5 Å². The molecule has 0 unspecified atom stereocenters. The second-order valence-corrected chi connectivity index (χ2v) is 7.88. The van der Waals surface area contributed by atoms with Crippen LogP contribution in [0.15, 0.2) is 59.4 Å². The number of hydrogen-bond acceptors (Lipinski definition) is 4. The molecular weight excluding hydrogens is 406 g/mol. The molecule has 1 aliphatic heterocycles. The molecule has 0 spiro atoms. The molecule has 0 saturated heterocycles. The quantitative estimate of drug-likeness (QED) is 0.521. The van der Waals surface area contributed by atoms with Gasteiger partial charge in [-0.1, -0.05) is 36.4 Å². The van der Waals surface area contributed by atoms with Gasteiger partial charge in [0.2, 0.25) is 0 Å². The maximum Gasteiger partial charge on any atom is 0.322 e. The van der Waals surface area contributed by atoms with Crippen molar-refractivity contribution in [3.05, 3.63) is 81.8 Å². The van der Waals surface area contributed by atoms with E-state index < -0.39 is 0 Å². The first-order valence-electron chi connectivity index (χ1n) is 10.4. The number of aromatic amines is 1. The summed E-state index contributed by atoms with van der Waals surface area (Å²) in [6.45, 7) is 2.62. The fourth-order valence-electron chi connectivity index (χ4n) is 4.03. The molecule has 0 radical (unpaired) electrons. The molecule has 0 fully saturated rings. The highest BCUT2D eigenvalue weighted by molar-refractivity contribution is 5.91. The van der Waals surface area contributed by atoms with Gasteiger partial charge >= 0.3 is 6.03 Å². The minimum atomic E-state index is -0.277. The third-order valence-corrected chi connectivity index (χ3v) is 5.73. The van der Waals surface area contributed by atoms with E-state index in [1.807, 2.05) is 61.5 Å². The van der Waals surface area contributed by atoms with Crippen LogP contribution in [-0.4, -0.2) is 39.2 Å². The normalized spacial score (nSPS) is 13.1. The number of ether oxygens (including phenoxy) is 1. The minimum absolute atomic E-state index is 0.183. The summed E-state index contributed by atoms with van der Waals surface area (Å²) < 4.78 is 6.80. The lowest BCUT2D eigenvalue weighted by Crippen LogP contribution is -2.42. The van der Waals surface area contributed by atoms with Gasteiger partial charge in [-0.2, -0.15) is 0 Å². The summed E-state index contributed by atoms with van der Waals surface area (Å²) in [4.78, 5) is 32.5. The Hall–Kier alpha value is -4.07. The minimum Gasteiger partial charge on any atom is -0.495 e. The van der Waals surface area contributed by atoms with E-state index in [-0.39, 0.29) is 18.1 Å². The number of benzene rings is 2. The van der Waals surface area contributed by atoms with E-state index in [4.69, 9.17) is 9.72 Å². The SMILES string of the molecule is COc1ccc(C)cc1NC(=O)N1CCc2nc3cc(-c4ccccc4)[nH]n3c(=O)c2C1. The fraction of sp³-hybridized carbons (Fsp3) is 0.208. The van der Waals surface area contributed by atoms with Crippen LogP contribution in [0.3, 0.4) is 0 Å². The Kier molecular flexibility index (Phi) is 4.89.